The van der Waals surface area contributed by atoms with Crippen LogP contribution < -0.4 is 16.0 Å². The van der Waals surface area contributed by atoms with Crippen molar-refractivity contribution in [2.45, 2.75) is 84.2 Å². The number of piperidine rings is 1. The van der Waals surface area contributed by atoms with Crippen molar-refractivity contribution >= 4 is 29.4 Å². The normalized spacial score (nSPS) is 26.0. The summed E-state index contributed by atoms with van der Waals surface area (Å²) < 4.78 is 16.8. The number of carbonyl (C=O) groups excluding carboxylic acids is 3. The van der Waals surface area contributed by atoms with Gasteiger partial charge >= 0.3 is 18.0 Å². The predicted octanol–water partition coefficient (Wildman–Crippen LogP) is 2.89. The van der Waals surface area contributed by atoms with Crippen LogP contribution >= 0.6 is 0 Å². The van der Waals surface area contributed by atoms with Crippen LogP contribution in [-0.4, -0.2) is 53.9 Å². The molecule has 3 aliphatic rings. The van der Waals surface area contributed by atoms with Gasteiger partial charge in [0.05, 0.1) is 29.3 Å². The highest BCUT2D eigenvalue weighted by molar-refractivity contribution is 5.75. The summed E-state index contributed by atoms with van der Waals surface area (Å²) in [4.78, 5) is 42.9. The number of amides is 1. The number of alkyl carbamates (subject to hydrolysis) is 1. The lowest BCUT2D eigenvalue weighted by atomic mass is 9.86. The molecule has 1 saturated heterocycles. The van der Waals surface area contributed by atoms with Gasteiger partial charge < -0.3 is 30.2 Å². The third-order valence-corrected chi connectivity index (χ3v) is 6.70. The maximum Gasteiger partial charge on any atom is 0.408 e. The first-order valence-corrected chi connectivity index (χ1v) is 12.3. The van der Waals surface area contributed by atoms with Gasteiger partial charge in [-0.25, -0.2) is 4.79 Å². The molecular weight excluding hydrogens is 452 g/mol. The Labute approximate surface area is 205 Å². The Balaban J connectivity index is 1.66. The fourth-order valence-corrected chi connectivity index (χ4v) is 5.34. The second-order valence-corrected chi connectivity index (χ2v) is 10.8. The van der Waals surface area contributed by atoms with E-state index >= 15 is 0 Å². The van der Waals surface area contributed by atoms with Gasteiger partial charge in [-0.15, -0.1) is 0 Å². The second kappa shape index (κ2) is 9.54. The fraction of sp³-hybridized carbons (Fsp3) is 0.680. The molecular formula is C25H36N4O6. The van der Waals surface area contributed by atoms with Crippen molar-refractivity contribution in [3.8, 4) is 0 Å². The monoisotopic (exact) mass is 488 g/mol. The van der Waals surface area contributed by atoms with Gasteiger partial charge in [0.25, 0.3) is 0 Å². The van der Waals surface area contributed by atoms with Crippen molar-refractivity contribution < 1.29 is 28.6 Å². The van der Waals surface area contributed by atoms with Crippen LogP contribution in [0, 0.1) is 11.8 Å². The Kier molecular flexibility index (Phi) is 6.83. The molecule has 1 saturated carbocycles. The van der Waals surface area contributed by atoms with Crippen molar-refractivity contribution in [3.05, 3.63) is 17.5 Å². The molecule has 0 aromatic carbocycles. The fourth-order valence-electron chi connectivity index (χ4n) is 5.34. The number of nitrogen functional groups attached to an aromatic ring is 1. The lowest BCUT2D eigenvalue weighted by Crippen LogP contribution is -2.61. The van der Waals surface area contributed by atoms with Crippen LogP contribution in [0.2, 0.25) is 0 Å². The van der Waals surface area contributed by atoms with E-state index in [1.54, 1.807) is 27.0 Å². The molecule has 3 N–H and O–H groups in total. The van der Waals surface area contributed by atoms with E-state index in [9.17, 15) is 14.4 Å². The number of rotatable bonds is 5. The molecule has 10 nitrogen and oxygen atoms in total. The van der Waals surface area contributed by atoms with E-state index < -0.39 is 29.9 Å². The molecule has 192 valence electrons. The summed E-state index contributed by atoms with van der Waals surface area (Å²) in [5.41, 5.74) is 8.86. The summed E-state index contributed by atoms with van der Waals surface area (Å²) in [6, 6.07) is -0.484. The van der Waals surface area contributed by atoms with Crippen molar-refractivity contribution in [3.63, 3.8) is 0 Å². The summed E-state index contributed by atoms with van der Waals surface area (Å²) >= 11 is 0. The molecule has 2 aliphatic carbocycles. The van der Waals surface area contributed by atoms with Gasteiger partial charge in [0.15, 0.2) is 0 Å². The maximum absolute atomic E-state index is 12.7. The molecule has 2 fully saturated rings. The number of nitrogens with zero attached hydrogens (tertiary/aromatic N) is 2. The number of fused-ring (bicyclic) bond motifs is 1. The minimum absolute atomic E-state index is 0.0291. The van der Waals surface area contributed by atoms with Crippen LogP contribution in [0.1, 0.15) is 71.2 Å². The number of esters is 2. The molecule has 0 radical (unpaired) electrons. The molecule has 10 heteroatoms. The van der Waals surface area contributed by atoms with E-state index in [2.05, 4.69) is 15.2 Å². The Morgan fingerprint density at radius 2 is 1.77 bits per heavy atom. The highest BCUT2D eigenvalue weighted by Gasteiger charge is 2.48. The molecule has 1 amide bonds. The van der Waals surface area contributed by atoms with Crippen molar-refractivity contribution in [1.82, 2.24) is 10.3 Å². The van der Waals surface area contributed by atoms with Gasteiger partial charge in [-0.05, 0) is 52.4 Å². The number of pyridine rings is 1. The van der Waals surface area contributed by atoms with Crippen molar-refractivity contribution in [1.29, 1.82) is 0 Å². The van der Waals surface area contributed by atoms with Gasteiger partial charge in [0, 0.05) is 38.4 Å². The first-order chi connectivity index (χ1) is 16.4. The van der Waals surface area contributed by atoms with Crippen LogP contribution in [-0.2, 0) is 30.2 Å². The number of hydrogen-bond donors (Lipinski definition) is 2. The molecule has 0 bridgehead atoms. The van der Waals surface area contributed by atoms with Crippen molar-refractivity contribution in [2.24, 2.45) is 11.8 Å². The molecule has 0 spiro atoms. The summed E-state index contributed by atoms with van der Waals surface area (Å²) in [6.45, 7) is 9.21. The Hall–Kier alpha value is -3.04. The zero-order chi connectivity index (χ0) is 25.5. The number of nitrogens with two attached hydrogens (primary N) is 1. The maximum atomic E-state index is 12.7. The van der Waals surface area contributed by atoms with E-state index in [-0.39, 0.29) is 17.9 Å². The van der Waals surface area contributed by atoms with E-state index in [0.29, 0.717) is 37.5 Å². The average molecular weight is 489 g/mol. The Bertz CT molecular complexity index is 1000. The van der Waals surface area contributed by atoms with Crippen LogP contribution in [0.3, 0.4) is 0 Å². The highest BCUT2D eigenvalue weighted by atomic mass is 16.6. The molecule has 4 atom stereocenters. The number of aromatic nitrogens is 1. The summed E-state index contributed by atoms with van der Waals surface area (Å²) in [6.07, 6.45) is 3.62. The summed E-state index contributed by atoms with van der Waals surface area (Å²) in [5, 5.41) is 2.96. The zero-order valence-corrected chi connectivity index (χ0v) is 21.1. The lowest BCUT2D eigenvalue weighted by Gasteiger charge is -2.45. The topological polar surface area (TPSA) is 133 Å². The van der Waals surface area contributed by atoms with E-state index in [0.717, 1.165) is 29.8 Å². The number of anilines is 2. The van der Waals surface area contributed by atoms with Gasteiger partial charge in [-0.3, -0.25) is 14.6 Å². The second-order valence-electron chi connectivity index (χ2n) is 10.8. The van der Waals surface area contributed by atoms with E-state index in [1.165, 1.54) is 13.8 Å². The zero-order valence-electron chi connectivity index (χ0n) is 21.1. The smallest absolute Gasteiger partial charge is 0.408 e. The molecule has 35 heavy (non-hydrogen) atoms. The SMILES string of the molecule is CC(=O)OC1CCc2c1ncc(N)c2N1C[C@H](C2CC2)[C@@H](OC(C)=O)[C@H](NC(=O)OC(C)(C)C)C1. The molecule has 1 aromatic heterocycles. The van der Waals surface area contributed by atoms with Crippen molar-refractivity contribution in [2.75, 3.05) is 23.7 Å². The molecule has 2 heterocycles. The summed E-state index contributed by atoms with van der Waals surface area (Å²) in [5.74, 6) is -0.296. The quantitative estimate of drug-likeness (QED) is 0.474. The molecule has 4 rings (SSSR count). The highest BCUT2D eigenvalue weighted by Crippen LogP contribution is 2.46. The van der Waals surface area contributed by atoms with E-state index in [1.807, 2.05) is 0 Å². The van der Waals surface area contributed by atoms with Gasteiger partial charge in [-0.2, -0.15) is 0 Å². The predicted molar refractivity (Wildman–Crippen MR) is 129 cm³/mol. The third-order valence-electron chi connectivity index (χ3n) is 6.70. The number of nitrogens with one attached hydrogen (secondary N) is 1. The standard InChI is InChI=1S/C25H36N4O6/c1-13(30)33-20-9-8-16-21(20)27-10-18(26)22(16)29-11-17(15-6-7-15)23(34-14(2)31)19(12-29)28-24(32)35-25(3,4)5/h10,15,17,19-20,23H,6-9,11-12,26H2,1-5H3,(H,28,32)/t17-,19-,20?,23-/m1/s1. The molecule has 1 aromatic rings. The van der Waals surface area contributed by atoms with Gasteiger partial charge in [0.1, 0.15) is 17.8 Å². The van der Waals surface area contributed by atoms with Crippen LogP contribution in [0.4, 0.5) is 16.2 Å². The van der Waals surface area contributed by atoms with Crippen LogP contribution in [0.25, 0.3) is 0 Å². The minimum Gasteiger partial charge on any atom is -0.460 e. The first-order valence-electron chi connectivity index (χ1n) is 12.3. The molecule has 1 aliphatic heterocycles. The first kappa shape index (κ1) is 25.1. The number of ether oxygens (including phenoxy) is 3. The average Bonchev–Trinajstić information content (AvgIpc) is 3.49. The minimum atomic E-state index is -0.659. The molecule has 1 unspecified atom stereocenters. The van der Waals surface area contributed by atoms with Crippen LogP contribution in [0.5, 0.6) is 0 Å². The van der Waals surface area contributed by atoms with Crippen LogP contribution in [0.15, 0.2) is 6.20 Å². The largest absolute Gasteiger partial charge is 0.460 e. The Morgan fingerprint density at radius 1 is 1.09 bits per heavy atom. The summed E-state index contributed by atoms with van der Waals surface area (Å²) in [7, 11) is 0. The van der Waals surface area contributed by atoms with E-state index in [4.69, 9.17) is 19.9 Å². The number of hydrogen-bond acceptors (Lipinski definition) is 9. The lowest BCUT2D eigenvalue weighted by molar-refractivity contribution is -0.152. The van der Waals surface area contributed by atoms with Gasteiger partial charge in [0.2, 0.25) is 0 Å². The Morgan fingerprint density at radius 3 is 2.37 bits per heavy atom. The van der Waals surface area contributed by atoms with Gasteiger partial charge in [-0.1, -0.05) is 0 Å². The number of carbonyl (C=O) groups is 3. The third kappa shape index (κ3) is 5.79.